The largest absolute Gasteiger partial charge is 0.350 e. The smallest absolute Gasteiger partial charge is 0.225 e. The van der Waals surface area contributed by atoms with Crippen LogP contribution in [0.3, 0.4) is 0 Å². The highest BCUT2D eigenvalue weighted by Gasteiger charge is 2.32. The van der Waals surface area contributed by atoms with Crippen LogP contribution in [0.5, 0.6) is 0 Å². The minimum absolute atomic E-state index is 0.0333. The van der Waals surface area contributed by atoms with Gasteiger partial charge in [-0.25, -0.2) is 14.4 Å². The molecule has 2 aliphatic rings. The van der Waals surface area contributed by atoms with E-state index in [0.29, 0.717) is 18.5 Å². The number of anilines is 1. The van der Waals surface area contributed by atoms with Crippen molar-refractivity contribution in [3.05, 3.63) is 48.3 Å². The first-order chi connectivity index (χ1) is 14.2. The molecular formula is C21H27FN6O. The molecule has 2 aromatic rings. The summed E-state index contributed by atoms with van der Waals surface area (Å²) in [5, 5.41) is 3.04. The molecule has 0 radical (unpaired) electrons. The van der Waals surface area contributed by atoms with E-state index in [-0.39, 0.29) is 11.8 Å². The van der Waals surface area contributed by atoms with Crippen molar-refractivity contribution >= 4 is 11.9 Å². The third-order valence-electron chi connectivity index (χ3n) is 5.86. The number of halogens is 1. The summed E-state index contributed by atoms with van der Waals surface area (Å²) in [6.07, 6.45) is 8.16. The Bertz CT molecular complexity index is 795. The zero-order valence-electron chi connectivity index (χ0n) is 16.5. The van der Waals surface area contributed by atoms with E-state index in [1.807, 2.05) is 18.2 Å². The zero-order valence-corrected chi connectivity index (χ0v) is 16.5. The van der Waals surface area contributed by atoms with Gasteiger partial charge in [0.05, 0.1) is 30.6 Å². The van der Waals surface area contributed by atoms with Gasteiger partial charge in [0.15, 0.2) is 5.82 Å². The quantitative estimate of drug-likeness (QED) is 0.831. The number of piperidine rings is 2. The van der Waals surface area contributed by atoms with Crippen molar-refractivity contribution in [2.24, 2.45) is 5.92 Å². The Labute approximate surface area is 170 Å². The summed E-state index contributed by atoms with van der Waals surface area (Å²) >= 11 is 0. The van der Waals surface area contributed by atoms with Gasteiger partial charge in [-0.2, -0.15) is 0 Å². The van der Waals surface area contributed by atoms with E-state index in [9.17, 15) is 9.18 Å². The molecule has 7 nitrogen and oxygen atoms in total. The summed E-state index contributed by atoms with van der Waals surface area (Å²) in [6.45, 7) is 4.03. The summed E-state index contributed by atoms with van der Waals surface area (Å²) in [6, 6.07) is 6.20. The lowest BCUT2D eigenvalue weighted by molar-refractivity contribution is -0.127. The number of rotatable bonds is 5. The van der Waals surface area contributed by atoms with Gasteiger partial charge >= 0.3 is 0 Å². The number of carbonyl (C=O) groups excluding carboxylic acids is 1. The summed E-state index contributed by atoms with van der Waals surface area (Å²) < 4.78 is 13.0. The Morgan fingerprint density at radius 1 is 1.10 bits per heavy atom. The van der Waals surface area contributed by atoms with Crippen LogP contribution in [0.15, 0.2) is 36.8 Å². The molecular weight excluding hydrogens is 371 g/mol. The lowest BCUT2D eigenvalue weighted by Crippen LogP contribution is -2.51. The average molecular weight is 398 g/mol. The molecule has 0 aliphatic carbocycles. The minimum Gasteiger partial charge on any atom is -0.350 e. The monoisotopic (exact) mass is 398 g/mol. The van der Waals surface area contributed by atoms with E-state index in [2.05, 4.69) is 30.1 Å². The molecule has 2 aromatic heterocycles. The third kappa shape index (κ3) is 5.06. The van der Waals surface area contributed by atoms with Gasteiger partial charge in [0.2, 0.25) is 11.9 Å². The van der Waals surface area contributed by atoms with Crippen molar-refractivity contribution in [1.29, 1.82) is 0 Å². The van der Waals surface area contributed by atoms with E-state index in [0.717, 1.165) is 57.6 Å². The standard InChI is InChI=1S/C21H27FN6O/c22-17-12-25-21(26-13-17)27-10-6-19(7-11-27)28-9-3-4-16(15-28)20(29)24-14-18-5-1-2-8-23-18/h1-2,5,8,12-13,16,19H,3-4,6-7,9-11,14-15H2,(H,24,29). The lowest BCUT2D eigenvalue weighted by atomic mass is 9.93. The first kappa shape index (κ1) is 19.7. The third-order valence-corrected chi connectivity index (χ3v) is 5.86. The number of nitrogens with zero attached hydrogens (tertiary/aromatic N) is 5. The molecule has 154 valence electrons. The van der Waals surface area contributed by atoms with Crippen LogP contribution in [0, 0.1) is 11.7 Å². The van der Waals surface area contributed by atoms with Crippen molar-refractivity contribution < 1.29 is 9.18 Å². The highest BCUT2D eigenvalue weighted by molar-refractivity contribution is 5.78. The summed E-state index contributed by atoms with van der Waals surface area (Å²) in [5.74, 6) is 0.336. The van der Waals surface area contributed by atoms with Gasteiger partial charge in [0.1, 0.15) is 0 Å². The Balaban J connectivity index is 1.26. The van der Waals surface area contributed by atoms with E-state index < -0.39 is 5.82 Å². The molecule has 8 heteroatoms. The van der Waals surface area contributed by atoms with Crippen LogP contribution in [0.1, 0.15) is 31.4 Å². The summed E-state index contributed by atoms with van der Waals surface area (Å²) in [5.41, 5.74) is 0.879. The normalized spacial score (nSPS) is 21.1. The molecule has 1 amide bonds. The number of amides is 1. The van der Waals surface area contributed by atoms with Gasteiger partial charge in [-0.05, 0) is 44.4 Å². The Morgan fingerprint density at radius 3 is 2.62 bits per heavy atom. The second-order valence-electron chi connectivity index (χ2n) is 7.79. The number of pyridine rings is 1. The van der Waals surface area contributed by atoms with Crippen LogP contribution in [0.25, 0.3) is 0 Å². The first-order valence-electron chi connectivity index (χ1n) is 10.3. The van der Waals surface area contributed by atoms with Crippen molar-refractivity contribution in [2.75, 3.05) is 31.1 Å². The van der Waals surface area contributed by atoms with Crippen LogP contribution in [0.4, 0.5) is 10.3 Å². The van der Waals surface area contributed by atoms with Crippen molar-refractivity contribution in [1.82, 2.24) is 25.2 Å². The number of nitrogens with one attached hydrogen (secondary N) is 1. The Kier molecular flexibility index (Phi) is 6.29. The fourth-order valence-electron chi connectivity index (χ4n) is 4.28. The molecule has 29 heavy (non-hydrogen) atoms. The van der Waals surface area contributed by atoms with Crippen molar-refractivity contribution in [3.8, 4) is 0 Å². The first-order valence-corrected chi connectivity index (χ1v) is 10.3. The SMILES string of the molecule is O=C(NCc1ccccn1)C1CCCN(C2CCN(c3ncc(F)cn3)CC2)C1. The molecule has 0 aromatic carbocycles. The molecule has 2 aliphatic heterocycles. The second kappa shape index (κ2) is 9.26. The molecule has 0 spiro atoms. The number of hydrogen-bond donors (Lipinski definition) is 1. The number of likely N-dealkylation sites (tertiary alicyclic amines) is 1. The lowest BCUT2D eigenvalue weighted by Gasteiger charge is -2.42. The van der Waals surface area contributed by atoms with E-state index >= 15 is 0 Å². The van der Waals surface area contributed by atoms with Crippen molar-refractivity contribution in [3.63, 3.8) is 0 Å². The maximum Gasteiger partial charge on any atom is 0.225 e. The van der Waals surface area contributed by atoms with Crippen LogP contribution in [-0.2, 0) is 11.3 Å². The van der Waals surface area contributed by atoms with Gasteiger partial charge in [-0.15, -0.1) is 0 Å². The van der Waals surface area contributed by atoms with Gasteiger partial charge in [-0.3, -0.25) is 14.7 Å². The number of hydrogen-bond acceptors (Lipinski definition) is 6. The fourth-order valence-corrected chi connectivity index (χ4v) is 4.28. The molecule has 0 bridgehead atoms. The van der Waals surface area contributed by atoms with E-state index in [1.54, 1.807) is 6.20 Å². The van der Waals surface area contributed by atoms with Crippen LogP contribution in [0.2, 0.25) is 0 Å². The zero-order chi connectivity index (χ0) is 20.1. The maximum atomic E-state index is 13.0. The summed E-state index contributed by atoms with van der Waals surface area (Å²) in [4.78, 5) is 29.7. The van der Waals surface area contributed by atoms with Gasteiger partial charge in [-0.1, -0.05) is 6.07 Å². The number of aromatic nitrogens is 3. The Morgan fingerprint density at radius 2 is 1.90 bits per heavy atom. The predicted molar refractivity (Wildman–Crippen MR) is 108 cm³/mol. The molecule has 1 atom stereocenters. The van der Waals surface area contributed by atoms with E-state index in [4.69, 9.17) is 0 Å². The molecule has 0 saturated carbocycles. The van der Waals surface area contributed by atoms with Crippen LogP contribution in [-0.4, -0.2) is 58.0 Å². The summed E-state index contributed by atoms with van der Waals surface area (Å²) in [7, 11) is 0. The van der Waals surface area contributed by atoms with Crippen LogP contribution >= 0.6 is 0 Å². The van der Waals surface area contributed by atoms with Gasteiger partial charge < -0.3 is 10.2 Å². The van der Waals surface area contributed by atoms with Gasteiger partial charge in [0, 0.05) is 31.9 Å². The predicted octanol–water partition coefficient (Wildman–Crippen LogP) is 2.01. The van der Waals surface area contributed by atoms with Crippen LogP contribution < -0.4 is 10.2 Å². The second-order valence-corrected chi connectivity index (χ2v) is 7.79. The van der Waals surface area contributed by atoms with E-state index in [1.165, 1.54) is 12.4 Å². The Hall–Kier alpha value is -2.61. The molecule has 4 heterocycles. The number of carbonyl (C=O) groups is 1. The molecule has 2 saturated heterocycles. The highest BCUT2D eigenvalue weighted by Crippen LogP contribution is 2.25. The molecule has 2 fully saturated rings. The van der Waals surface area contributed by atoms with Crippen molar-refractivity contribution in [2.45, 2.75) is 38.3 Å². The molecule has 4 rings (SSSR count). The highest BCUT2D eigenvalue weighted by atomic mass is 19.1. The average Bonchev–Trinajstić information content (AvgIpc) is 2.79. The molecule has 1 N–H and O–H groups in total. The minimum atomic E-state index is -0.413. The topological polar surface area (TPSA) is 74.2 Å². The molecule has 1 unspecified atom stereocenters. The fraction of sp³-hybridized carbons (Fsp3) is 0.524. The maximum absolute atomic E-state index is 13.0. The van der Waals surface area contributed by atoms with Gasteiger partial charge in [0.25, 0.3) is 0 Å².